The van der Waals surface area contributed by atoms with Crippen LogP contribution in [-0.2, 0) is 9.53 Å². The van der Waals surface area contributed by atoms with E-state index in [9.17, 15) is 4.79 Å². The van der Waals surface area contributed by atoms with Crippen LogP contribution in [0.5, 0.6) is 0 Å². The molecule has 0 amide bonds. The Balaban J connectivity index is 3.88. The molecule has 0 saturated carbocycles. The van der Waals surface area contributed by atoms with Crippen LogP contribution in [0.15, 0.2) is 11.6 Å². The summed E-state index contributed by atoms with van der Waals surface area (Å²) in [6.45, 7) is 6.75. The lowest BCUT2D eigenvalue weighted by molar-refractivity contribution is -0.139. The lowest BCUT2D eigenvalue weighted by Crippen LogP contribution is -2.11. The summed E-state index contributed by atoms with van der Waals surface area (Å²) in [6, 6.07) is 0. The van der Waals surface area contributed by atoms with Crippen molar-refractivity contribution in [3.63, 3.8) is 0 Å². The van der Waals surface area contributed by atoms with Gasteiger partial charge in [-0.2, -0.15) is 0 Å². The van der Waals surface area contributed by atoms with E-state index in [2.05, 4.69) is 29.8 Å². The van der Waals surface area contributed by atoms with Crippen molar-refractivity contribution in [2.24, 2.45) is 5.92 Å². The van der Waals surface area contributed by atoms with E-state index in [1.807, 2.05) is 13.0 Å². The first-order chi connectivity index (χ1) is 6.61. The van der Waals surface area contributed by atoms with Crippen molar-refractivity contribution in [3.05, 3.63) is 11.6 Å². The summed E-state index contributed by atoms with van der Waals surface area (Å²) in [5.41, 5.74) is 0.719. The van der Waals surface area contributed by atoms with E-state index in [-0.39, 0.29) is 5.97 Å². The van der Waals surface area contributed by atoms with Crippen molar-refractivity contribution in [2.45, 2.75) is 33.6 Å². The normalized spacial score (nSPS) is 11.9. The van der Waals surface area contributed by atoms with Gasteiger partial charge in [0.1, 0.15) is 0 Å². The molecule has 0 aromatic heterocycles. The highest BCUT2D eigenvalue weighted by molar-refractivity contribution is 9.09. The number of hydrogen-bond acceptors (Lipinski definition) is 2. The Bertz CT molecular complexity index is 197. The first-order valence-electron chi connectivity index (χ1n) is 5.03. The zero-order chi connectivity index (χ0) is 11.0. The lowest BCUT2D eigenvalue weighted by atomic mass is 10.1. The Labute approximate surface area is 94.8 Å². The maximum absolute atomic E-state index is 11.4. The summed E-state index contributed by atoms with van der Waals surface area (Å²) in [4.78, 5) is 11.4. The molecule has 0 heterocycles. The highest BCUT2D eigenvalue weighted by atomic mass is 79.9. The van der Waals surface area contributed by atoms with Crippen molar-refractivity contribution in [2.75, 3.05) is 11.9 Å². The third kappa shape index (κ3) is 6.19. The number of allylic oxidation sites excluding steroid dienone is 1. The minimum absolute atomic E-state index is 0.190. The van der Waals surface area contributed by atoms with Gasteiger partial charge in [0.25, 0.3) is 0 Å². The lowest BCUT2D eigenvalue weighted by Gasteiger charge is -2.07. The fraction of sp³-hybridized carbons (Fsp3) is 0.727. The van der Waals surface area contributed by atoms with Gasteiger partial charge in [-0.1, -0.05) is 42.8 Å². The quantitative estimate of drug-likeness (QED) is 0.417. The molecule has 0 radical (unpaired) electrons. The van der Waals surface area contributed by atoms with Gasteiger partial charge in [-0.25, -0.2) is 4.79 Å². The molecule has 0 spiro atoms. The van der Waals surface area contributed by atoms with Gasteiger partial charge in [0.05, 0.1) is 6.61 Å². The molecule has 0 rings (SSSR count). The standard InChI is InChI=1S/C11H19BrO2/c1-4-5-10(8-12)11(13)14-7-6-9(2)3/h5,9H,4,6-8H2,1-3H3/b10-5+. The Hall–Kier alpha value is -0.310. The SMILES string of the molecule is CC/C=C(\CBr)C(=O)OCCC(C)C. The predicted molar refractivity (Wildman–Crippen MR) is 62.6 cm³/mol. The van der Waals surface area contributed by atoms with Crippen LogP contribution in [0, 0.1) is 5.92 Å². The predicted octanol–water partition coefficient (Wildman–Crippen LogP) is 3.31. The van der Waals surface area contributed by atoms with Crippen LogP contribution in [0.25, 0.3) is 0 Å². The van der Waals surface area contributed by atoms with Crippen LogP contribution in [-0.4, -0.2) is 17.9 Å². The molecule has 0 unspecified atom stereocenters. The first-order valence-corrected chi connectivity index (χ1v) is 6.16. The topological polar surface area (TPSA) is 26.3 Å². The molecular weight excluding hydrogens is 244 g/mol. The number of alkyl halides is 1. The number of carbonyl (C=O) groups is 1. The van der Waals surface area contributed by atoms with E-state index in [0.717, 1.165) is 18.4 Å². The summed E-state index contributed by atoms with van der Waals surface area (Å²) >= 11 is 3.27. The molecule has 0 aliphatic rings. The summed E-state index contributed by atoms with van der Waals surface area (Å²) in [6.07, 6.45) is 3.68. The Kier molecular flexibility index (Phi) is 7.86. The molecule has 2 nitrogen and oxygen atoms in total. The second-order valence-electron chi connectivity index (χ2n) is 3.59. The van der Waals surface area contributed by atoms with Gasteiger partial charge in [0.15, 0.2) is 0 Å². The molecule has 0 aromatic carbocycles. The van der Waals surface area contributed by atoms with Gasteiger partial charge in [-0.05, 0) is 18.8 Å². The zero-order valence-corrected chi connectivity index (χ0v) is 10.8. The van der Waals surface area contributed by atoms with Crippen LogP contribution in [0.2, 0.25) is 0 Å². The molecule has 0 bridgehead atoms. The zero-order valence-electron chi connectivity index (χ0n) is 9.18. The number of hydrogen-bond donors (Lipinski definition) is 0. The van der Waals surface area contributed by atoms with E-state index in [0.29, 0.717) is 17.9 Å². The van der Waals surface area contributed by atoms with Gasteiger partial charge in [0.2, 0.25) is 0 Å². The third-order valence-corrected chi connectivity index (χ3v) is 2.39. The molecule has 0 fully saturated rings. The second kappa shape index (κ2) is 8.04. The van der Waals surface area contributed by atoms with Gasteiger partial charge in [0, 0.05) is 10.9 Å². The van der Waals surface area contributed by atoms with Crippen LogP contribution in [0.3, 0.4) is 0 Å². The Morgan fingerprint density at radius 1 is 1.50 bits per heavy atom. The molecule has 0 aromatic rings. The van der Waals surface area contributed by atoms with E-state index in [4.69, 9.17) is 4.74 Å². The maximum atomic E-state index is 11.4. The number of esters is 1. The summed E-state index contributed by atoms with van der Waals surface area (Å²) < 4.78 is 5.12. The average Bonchev–Trinajstić information content (AvgIpc) is 2.13. The number of ether oxygens (including phenoxy) is 1. The molecule has 3 heteroatoms. The van der Waals surface area contributed by atoms with Crippen molar-refractivity contribution in [1.82, 2.24) is 0 Å². The van der Waals surface area contributed by atoms with Gasteiger partial charge < -0.3 is 4.74 Å². The average molecular weight is 263 g/mol. The Morgan fingerprint density at radius 2 is 2.14 bits per heavy atom. The Morgan fingerprint density at radius 3 is 2.57 bits per heavy atom. The van der Waals surface area contributed by atoms with Crippen LogP contribution < -0.4 is 0 Å². The van der Waals surface area contributed by atoms with E-state index >= 15 is 0 Å². The summed E-state index contributed by atoms with van der Waals surface area (Å²) in [5, 5.41) is 0.571. The van der Waals surface area contributed by atoms with Crippen molar-refractivity contribution in [1.29, 1.82) is 0 Å². The largest absolute Gasteiger partial charge is 0.462 e. The molecule has 82 valence electrons. The van der Waals surface area contributed by atoms with Crippen molar-refractivity contribution < 1.29 is 9.53 Å². The number of halogens is 1. The highest BCUT2D eigenvalue weighted by Gasteiger charge is 2.08. The van der Waals surface area contributed by atoms with Gasteiger partial charge in [-0.3, -0.25) is 0 Å². The molecule has 0 aliphatic heterocycles. The van der Waals surface area contributed by atoms with Crippen LogP contribution in [0.1, 0.15) is 33.6 Å². The smallest absolute Gasteiger partial charge is 0.334 e. The molecule has 14 heavy (non-hydrogen) atoms. The fourth-order valence-electron chi connectivity index (χ4n) is 0.919. The molecular formula is C11H19BrO2. The van der Waals surface area contributed by atoms with Crippen LogP contribution in [0.4, 0.5) is 0 Å². The summed E-state index contributed by atoms with van der Waals surface area (Å²) in [7, 11) is 0. The molecule has 0 atom stereocenters. The monoisotopic (exact) mass is 262 g/mol. The van der Waals surface area contributed by atoms with E-state index in [1.165, 1.54) is 0 Å². The van der Waals surface area contributed by atoms with E-state index < -0.39 is 0 Å². The molecule has 0 aliphatic carbocycles. The summed E-state index contributed by atoms with van der Waals surface area (Å²) in [5.74, 6) is 0.384. The second-order valence-corrected chi connectivity index (χ2v) is 4.15. The van der Waals surface area contributed by atoms with Crippen molar-refractivity contribution in [3.8, 4) is 0 Å². The van der Waals surface area contributed by atoms with E-state index in [1.54, 1.807) is 0 Å². The number of carbonyl (C=O) groups excluding carboxylic acids is 1. The number of rotatable bonds is 6. The minimum atomic E-state index is -0.190. The molecule has 0 N–H and O–H groups in total. The van der Waals surface area contributed by atoms with Gasteiger partial charge in [-0.15, -0.1) is 0 Å². The van der Waals surface area contributed by atoms with Crippen LogP contribution >= 0.6 is 15.9 Å². The highest BCUT2D eigenvalue weighted by Crippen LogP contribution is 2.06. The third-order valence-electron chi connectivity index (χ3n) is 1.79. The van der Waals surface area contributed by atoms with Gasteiger partial charge >= 0.3 is 5.97 Å². The van der Waals surface area contributed by atoms with Crippen molar-refractivity contribution >= 4 is 21.9 Å². The molecule has 0 saturated heterocycles. The fourth-order valence-corrected chi connectivity index (χ4v) is 1.38. The maximum Gasteiger partial charge on any atom is 0.334 e. The first kappa shape index (κ1) is 13.7. The minimum Gasteiger partial charge on any atom is -0.462 e.